The van der Waals surface area contributed by atoms with Crippen LogP contribution in [0.2, 0.25) is 0 Å². The van der Waals surface area contributed by atoms with Gasteiger partial charge in [0.2, 0.25) is 0 Å². The molecule has 0 N–H and O–H groups in total. The van der Waals surface area contributed by atoms with E-state index in [-0.39, 0.29) is 5.97 Å². The lowest BCUT2D eigenvalue weighted by atomic mass is 10.1. The summed E-state index contributed by atoms with van der Waals surface area (Å²) >= 11 is 0. The Morgan fingerprint density at radius 3 is 1.22 bits per heavy atom. The minimum absolute atomic E-state index is 0.00810. The van der Waals surface area contributed by atoms with Crippen LogP contribution in [-0.2, 0) is 9.53 Å². The zero-order valence-electron chi connectivity index (χ0n) is 24.7. The van der Waals surface area contributed by atoms with Crippen molar-refractivity contribution in [2.75, 3.05) is 6.61 Å². The summed E-state index contributed by atoms with van der Waals surface area (Å²) in [6.07, 6.45) is 42.2. The number of unbranched alkanes of at least 4 members (excludes halogenated alkanes) is 21. The molecule has 0 saturated carbocycles. The van der Waals surface area contributed by atoms with E-state index in [4.69, 9.17) is 4.74 Å². The molecule has 0 saturated heterocycles. The standard InChI is InChI=1S/C34H64O2/c1-3-5-7-9-11-13-15-17-18-19-21-23-25-27-29-31-33-36-34(35)32-30-28-26-24-22-20-16-14-12-10-8-6-4-2/h14,16-18H,3-13,15,19-33H2,1-2H3/b16-14?,18-17-. The summed E-state index contributed by atoms with van der Waals surface area (Å²) in [4.78, 5) is 11.9. The smallest absolute Gasteiger partial charge is 0.305 e. The zero-order chi connectivity index (χ0) is 26.2. The van der Waals surface area contributed by atoms with Crippen molar-refractivity contribution in [3.63, 3.8) is 0 Å². The van der Waals surface area contributed by atoms with Gasteiger partial charge in [-0.1, -0.05) is 134 Å². The molecule has 0 atom stereocenters. The van der Waals surface area contributed by atoms with Gasteiger partial charge in [-0.2, -0.15) is 0 Å². The first kappa shape index (κ1) is 35.0. The summed E-state index contributed by atoms with van der Waals surface area (Å²) < 4.78 is 5.41. The fourth-order valence-corrected chi connectivity index (χ4v) is 4.59. The van der Waals surface area contributed by atoms with E-state index in [2.05, 4.69) is 38.2 Å². The quantitative estimate of drug-likeness (QED) is 0.0575. The van der Waals surface area contributed by atoms with Gasteiger partial charge in [0.05, 0.1) is 6.61 Å². The molecular formula is C34H64O2. The second-order valence-electron chi connectivity index (χ2n) is 10.8. The summed E-state index contributed by atoms with van der Waals surface area (Å²) in [5.41, 5.74) is 0. The minimum atomic E-state index is 0.00810. The molecule has 0 unspecified atom stereocenters. The molecule has 0 aromatic heterocycles. The lowest BCUT2D eigenvalue weighted by molar-refractivity contribution is -0.143. The van der Waals surface area contributed by atoms with E-state index in [1.165, 1.54) is 141 Å². The lowest BCUT2D eigenvalue weighted by Gasteiger charge is -2.05. The van der Waals surface area contributed by atoms with Crippen LogP contribution in [0, 0.1) is 0 Å². The van der Waals surface area contributed by atoms with Crippen LogP contribution in [0.3, 0.4) is 0 Å². The van der Waals surface area contributed by atoms with Crippen molar-refractivity contribution in [1.82, 2.24) is 0 Å². The molecule has 0 aromatic carbocycles. The van der Waals surface area contributed by atoms with Gasteiger partial charge in [-0.3, -0.25) is 4.79 Å². The molecular weight excluding hydrogens is 440 g/mol. The Balaban J connectivity index is 3.23. The number of rotatable bonds is 29. The van der Waals surface area contributed by atoms with E-state index in [1.807, 2.05) is 0 Å². The Labute approximate surface area is 227 Å². The highest BCUT2D eigenvalue weighted by Gasteiger charge is 2.02. The third-order valence-corrected chi connectivity index (χ3v) is 7.06. The maximum Gasteiger partial charge on any atom is 0.305 e. The van der Waals surface area contributed by atoms with Crippen molar-refractivity contribution in [1.29, 1.82) is 0 Å². The molecule has 0 aliphatic carbocycles. The number of esters is 1. The first-order valence-corrected chi connectivity index (χ1v) is 16.3. The molecule has 0 aromatic rings. The average molecular weight is 505 g/mol. The highest BCUT2D eigenvalue weighted by atomic mass is 16.5. The van der Waals surface area contributed by atoms with Crippen molar-refractivity contribution < 1.29 is 9.53 Å². The van der Waals surface area contributed by atoms with Crippen LogP contribution in [0.15, 0.2) is 24.3 Å². The average Bonchev–Trinajstić information content (AvgIpc) is 2.88. The largest absolute Gasteiger partial charge is 0.466 e. The second-order valence-corrected chi connectivity index (χ2v) is 10.8. The van der Waals surface area contributed by atoms with Gasteiger partial charge < -0.3 is 4.74 Å². The van der Waals surface area contributed by atoms with Gasteiger partial charge in [0.25, 0.3) is 0 Å². The molecule has 36 heavy (non-hydrogen) atoms. The summed E-state index contributed by atoms with van der Waals surface area (Å²) in [5.74, 6) is 0.00810. The van der Waals surface area contributed by atoms with E-state index in [1.54, 1.807) is 0 Å². The van der Waals surface area contributed by atoms with Gasteiger partial charge >= 0.3 is 5.97 Å². The maximum atomic E-state index is 11.9. The topological polar surface area (TPSA) is 26.3 Å². The molecule has 2 heteroatoms. The van der Waals surface area contributed by atoms with Crippen molar-refractivity contribution in [3.05, 3.63) is 24.3 Å². The van der Waals surface area contributed by atoms with Crippen molar-refractivity contribution >= 4 is 5.97 Å². The van der Waals surface area contributed by atoms with E-state index >= 15 is 0 Å². The molecule has 2 nitrogen and oxygen atoms in total. The van der Waals surface area contributed by atoms with E-state index < -0.39 is 0 Å². The van der Waals surface area contributed by atoms with Crippen LogP contribution in [0.25, 0.3) is 0 Å². The highest BCUT2D eigenvalue weighted by Crippen LogP contribution is 2.11. The molecule has 0 spiro atoms. The van der Waals surface area contributed by atoms with Gasteiger partial charge in [0.15, 0.2) is 0 Å². The summed E-state index contributed by atoms with van der Waals surface area (Å²) in [7, 11) is 0. The van der Waals surface area contributed by atoms with Crippen LogP contribution in [-0.4, -0.2) is 12.6 Å². The first-order valence-electron chi connectivity index (χ1n) is 16.3. The van der Waals surface area contributed by atoms with E-state index in [9.17, 15) is 4.79 Å². The molecule has 0 radical (unpaired) electrons. The number of allylic oxidation sites excluding steroid dienone is 4. The Bertz CT molecular complexity index is 480. The molecule has 0 heterocycles. The number of carbonyl (C=O) groups excluding carboxylic acids is 1. The third kappa shape index (κ3) is 31.0. The SMILES string of the molecule is CCCCCCC=CCCCCCCCC(=O)OCCCCCCCC/C=C\CCCCCCCC. The Morgan fingerprint density at radius 2 is 0.778 bits per heavy atom. The van der Waals surface area contributed by atoms with Gasteiger partial charge in [0.1, 0.15) is 0 Å². The molecule has 212 valence electrons. The third-order valence-electron chi connectivity index (χ3n) is 7.06. The number of hydrogen-bond donors (Lipinski definition) is 0. The van der Waals surface area contributed by atoms with Gasteiger partial charge in [-0.25, -0.2) is 0 Å². The molecule has 0 amide bonds. The zero-order valence-corrected chi connectivity index (χ0v) is 24.7. The number of ether oxygens (including phenoxy) is 1. The van der Waals surface area contributed by atoms with Crippen molar-refractivity contribution in [2.45, 2.75) is 181 Å². The highest BCUT2D eigenvalue weighted by molar-refractivity contribution is 5.69. The van der Waals surface area contributed by atoms with Crippen LogP contribution in [0.5, 0.6) is 0 Å². The molecule has 0 bridgehead atoms. The molecule has 0 rings (SSSR count). The monoisotopic (exact) mass is 504 g/mol. The number of carbonyl (C=O) groups is 1. The summed E-state index contributed by atoms with van der Waals surface area (Å²) in [5, 5.41) is 0. The van der Waals surface area contributed by atoms with Crippen molar-refractivity contribution in [3.8, 4) is 0 Å². The van der Waals surface area contributed by atoms with Gasteiger partial charge in [-0.05, 0) is 64.2 Å². The summed E-state index contributed by atoms with van der Waals surface area (Å²) in [6.45, 7) is 5.16. The second kappa shape index (κ2) is 32.0. The fraction of sp³-hybridized carbons (Fsp3) is 0.853. The van der Waals surface area contributed by atoms with E-state index in [0.29, 0.717) is 13.0 Å². The minimum Gasteiger partial charge on any atom is -0.466 e. The summed E-state index contributed by atoms with van der Waals surface area (Å²) in [6, 6.07) is 0. The molecule has 0 aliphatic rings. The predicted octanol–water partition coefficient (Wildman–Crippen LogP) is 11.8. The Morgan fingerprint density at radius 1 is 0.444 bits per heavy atom. The van der Waals surface area contributed by atoms with Crippen LogP contribution < -0.4 is 0 Å². The normalized spacial score (nSPS) is 11.7. The predicted molar refractivity (Wildman–Crippen MR) is 161 cm³/mol. The van der Waals surface area contributed by atoms with Crippen LogP contribution in [0.4, 0.5) is 0 Å². The molecule has 0 fully saturated rings. The van der Waals surface area contributed by atoms with Crippen LogP contribution in [0.1, 0.15) is 181 Å². The first-order chi connectivity index (χ1) is 17.8. The Hall–Kier alpha value is -1.05. The van der Waals surface area contributed by atoms with Crippen LogP contribution >= 0.6 is 0 Å². The molecule has 0 aliphatic heterocycles. The Kier molecular flexibility index (Phi) is 31.0. The van der Waals surface area contributed by atoms with Gasteiger partial charge in [-0.15, -0.1) is 0 Å². The maximum absolute atomic E-state index is 11.9. The lowest BCUT2D eigenvalue weighted by Crippen LogP contribution is -2.05. The van der Waals surface area contributed by atoms with E-state index in [0.717, 1.165) is 19.3 Å². The number of hydrogen-bond acceptors (Lipinski definition) is 2. The fourth-order valence-electron chi connectivity index (χ4n) is 4.59. The van der Waals surface area contributed by atoms with Crippen molar-refractivity contribution in [2.24, 2.45) is 0 Å². The van der Waals surface area contributed by atoms with Gasteiger partial charge in [0, 0.05) is 6.42 Å².